The lowest BCUT2D eigenvalue weighted by Crippen LogP contribution is -2.22. The van der Waals surface area contributed by atoms with E-state index in [0.29, 0.717) is 6.54 Å². The summed E-state index contributed by atoms with van der Waals surface area (Å²) < 4.78 is 4.40. The maximum Gasteiger partial charge on any atom is 0.407 e. The number of phenolic OH excluding ortho intramolecular Hbond substituents is 1. The second kappa shape index (κ2) is 6.10. The summed E-state index contributed by atoms with van der Waals surface area (Å²) in [6, 6.07) is 6.58. The van der Waals surface area contributed by atoms with E-state index in [-0.39, 0.29) is 18.2 Å². The molecule has 0 fully saturated rings. The Morgan fingerprint density at radius 2 is 2.00 bits per heavy atom. The summed E-state index contributed by atoms with van der Waals surface area (Å²) in [6.45, 7) is 0.396. The van der Waals surface area contributed by atoms with Crippen molar-refractivity contribution in [3.63, 3.8) is 0 Å². The number of phenols is 1. The predicted molar refractivity (Wildman–Crippen MR) is 54.6 cm³/mol. The molecule has 78 valence electrons. The number of nitrogens with one attached hydrogen (secondary N) is 1. The van der Waals surface area contributed by atoms with Gasteiger partial charge in [-0.05, 0) is 17.7 Å². The highest BCUT2D eigenvalue weighted by Gasteiger charge is 1.98. The standard InChI is InChI=1S/C9H11NO3.ClH/c1-13-9(12)10-6-7-2-4-8(11)5-3-7;/h2-5,11H,6H2,1H3,(H,10,12);1H. The normalized spacial score (nSPS) is 8.64. The van der Waals surface area contributed by atoms with Gasteiger partial charge in [-0.25, -0.2) is 4.79 Å². The third-order valence-corrected chi connectivity index (χ3v) is 1.56. The monoisotopic (exact) mass is 217 g/mol. The van der Waals surface area contributed by atoms with Crippen molar-refractivity contribution in [2.45, 2.75) is 6.54 Å². The number of rotatable bonds is 2. The Labute approximate surface area is 88.3 Å². The summed E-state index contributed by atoms with van der Waals surface area (Å²) in [7, 11) is 1.31. The lowest BCUT2D eigenvalue weighted by atomic mass is 10.2. The van der Waals surface area contributed by atoms with E-state index in [1.807, 2.05) is 0 Å². The van der Waals surface area contributed by atoms with Crippen LogP contribution in [0.1, 0.15) is 5.56 Å². The highest BCUT2D eigenvalue weighted by Crippen LogP contribution is 2.08. The SMILES string of the molecule is COC(=O)NCc1ccc(O)cc1.Cl. The molecule has 1 aromatic carbocycles. The van der Waals surface area contributed by atoms with Crippen molar-refractivity contribution in [3.05, 3.63) is 29.8 Å². The van der Waals surface area contributed by atoms with Gasteiger partial charge in [0.05, 0.1) is 7.11 Å². The van der Waals surface area contributed by atoms with Crippen LogP contribution < -0.4 is 5.32 Å². The minimum absolute atomic E-state index is 0. The van der Waals surface area contributed by atoms with Gasteiger partial charge in [-0.2, -0.15) is 0 Å². The fourth-order valence-electron chi connectivity index (χ4n) is 0.860. The third kappa shape index (κ3) is 4.00. The molecule has 2 N–H and O–H groups in total. The van der Waals surface area contributed by atoms with E-state index in [9.17, 15) is 4.79 Å². The molecule has 0 aliphatic heterocycles. The lowest BCUT2D eigenvalue weighted by Gasteiger charge is -2.03. The van der Waals surface area contributed by atoms with Gasteiger partial charge in [0.25, 0.3) is 0 Å². The Morgan fingerprint density at radius 1 is 1.43 bits per heavy atom. The first-order valence-electron chi connectivity index (χ1n) is 3.82. The van der Waals surface area contributed by atoms with Gasteiger partial charge in [-0.3, -0.25) is 0 Å². The molecule has 0 atom stereocenters. The summed E-state index contributed by atoms with van der Waals surface area (Å²) >= 11 is 0. The quantitative estimate of drug-likeness (QED) is 0.792. The van der Waals surface area contributed by atoms with Crippen molar-refractivity contribution in [2.75, 3.05) is 7.11 Å². The van der Waals surface area contributed by atoms with E-state index in [1.165, 1.54) is 7.11 Å². The number of benzene rings is 1. The van der Waals surface area contributed by atoms with Crippen LogP contribution in [0.2, 0.25) is 0 Å². The minimum atomic E-state index is -0.465. The second-order valence-electron chi connectivity index (χ2n) is 2.51. The van der Waals surface area contributed by atoms with E-state index in [4.69, 9.17) is 5.11 Å². The van der Waals surface area contributed by atoms with Crippen LogP contribution in [0.3, 0.4) is 0 Å². The lowest BCUT2D eigenvalue weighted by molar-refractivity contribution is 0.170. The summed E-state index contributed by atoms with van der Waals surface area (Å²) in [5.41, 5.74) is 0.906. The molecule has 1 aromatic rings. The Kier molecular flexibility index (Phi) is 5.48. The first kappa shape index (κ1) is 12.6. The van der Waals surface area contributed by atoms with Crippen LogP contribution >= 0.6 is 12.4 Å². The zero-order valence-electron chi connectivity index (χ0n) is 7.69. The largest absolute Gasteiger partial charge is 0.508 e. The van der Waals surface area contributed by atoms with Crippen LogP contribution in [0.15, 0.2) is 24.3 Å². The van der Waals surface area contributed by atoms with Crippen molar-refractivity contribution in [2.24, 2.45) is 0 Å². The highest BCUT2D eigenvalue weighted by atomic mass is 35.5. The first-order chi connectivity index (χ1) is 6.22. The number of hydrogen-bond acceptors (Lipinski definition) is 3. The maximum absolute atomic E-state index is 10.7. The van der Waals surface area contributed by atoms with Crippen molar-refractivity contribution >= 4 is 18.5 Å². The Bertz CT molecular complexity index is 287. The average molecular weight is 218 g/mol. The van der Waals surface area contributed by atoms with Crippen LogP contribution in [0.25, 0.3) is 0 Å². The third-order valence-electron chi connectivity index (χ3n) is 1.56. The Balaban J connectivity index is 0.00000169. The van der Waals surface area contributed by atoms with Crippen LogP contribution in [-0.4, -0.2) is 18.3 Å². The molecule has 0 aliphatic rings. The maximum atomic E-state index is 10.7. The number of methoxy groups -OCH3 is 1. The van der Waals surface area contributed by atoms with Crippen LogP contribution in [0.5, 0.6) is 5.75 Å². The summed E-state index contributed by atoms with van der Waals surface area (Å²) in [5.74, 6) is 0.210. The number of hydrogen-bond donors (Lipinski definition) is 2. The highest BCUT2D eigenvalue weighted by molar-refractivity contribution is 5.85. The predicted octanol–water partition coefficient (Wildman–Crippen LogP) is 1.67. The van der Waals surface area contributed by atoms with Gasteiger partial charge in [0.15, 0.2) is 0 Å². The van der Waals surface area contributed by atoms with Gasteiger partial charge < -0.3 is 15.2 Å². The summed E-state index contributed by atoms with van der Waals surface area (Å²) in [5, 5.41) is 11.5. The van der Waals surface area contributed by atoms with Crippen molar-refractivity contribution in [1.82, 2.24) is 5.32 Å². The average Bonchev–Trinajstić information content (AvgIpc) is 2.16. The smallest absolute Gasteiger partial charge is 0.407 e. The van der Waals surface area contributed by atoms with E-state index in [0.717, 1.165) is 5.56 Å². The molecule has 5 heteroatoms. The zero-order valence-corrected chi connectivity index (χ0v) is 8.50. The van der Waals surface area contributed by atoms with Gasteiger partial charge in [0.2, 0.25) is 0 Å². The molecule has 14 heavy (non-hydrogen) atoms. The molecule has 0 unspecified atom stereocenters. The number of amides is 1. The number of alkyl carbamates (subject to hydrolysis) is 1. The van der Waals surface area contributed by atoms with E-state index in [1.54, 1.807) is 24.3 Å². The van der Waals surface area contributed by atoms with Crippen LogP contribution in [0.4, 0.5) is 4.79 Å². The zero-order chi connectivity index (χ0) is 9.68. The van der Waals surface area contributed by atoms with Gasteiger partial charge in [0, 0.05) is 6.54 Å². The molecule has 0 radical (unpaired) electrons. The van der Waals surface area contributed by atoms with Gasteiger partial charge in [-0.1, -0.05) is 12.1 Å². The fourth-order valence-corrected chi connectivity index (χ4v) is 0.860. The summed E-state index contributed by atoms with van der Waals surface area (Å²) in [4.78, 5) is 10.7. The number of ether oxygens (including phenoxy) is 1. The van der Waals surface area contributed by atoms with Crippen molar-refractivity contribution < 1.29 is 14.6 Å². The Hall–Kier alpha value is -1.42. The van der Waals surface area contributed by atoms with Gasteiger partial charge >= 0.3 is 6.09 Å². The molecule has 0 saturated carbocycles. The second-order valence-corrected chi connectivity index (χ2v) is 2.51. The molecule has 0 saturated heterocycles. The molecule has 0 heterocycles. The molecular formula is C9H12ClNO3. The molecular weight excluding hydrogens is 206 g/mol. The van der Waals surface area contributed by atoms with Crippen molar-refractivity contribution in [1.29, 1.82) is 0 Å². The molecule has 0 bridgehead atoms. The number of halogens is 1. The number of carbonyl (C=O) groups is 1. The first-order valence-corrected chi connectivity index (χ1v) is 3.82. The molecule has 1 rings (SSSR count). The van der Waals surface area contributed by atoms with E-state index < -0.39 is 6.09 Å². The number of carbonyl (C=O) groups excluding carboxylic acids is 1. The fraction of sp³-hybridized carbons (Fsp3) is 0.222. The summed E-state index contributed by atoms with van der Waals surface area (Å²) in [6.07, 6.45) is -0.465. The molecule has 4 nitrogen and oxygen atoms in total. The number of aromatic hydroxyl groups is 1. The van der Waals surface area contributed by atoms with Crippen LogP contribution in [-0.2, 0) is 11.3 Å². The van der Waals surface area contributed by atoms with Gasteiger partial charge in [-0.15, -0.1) is 12.4 Å². The van der Waals surface area contributed by atoms with E-state index in [2.05, 4.69) is 10.1 Å². The molecule has 0 aromatic heterocycles. The Morgan fingerprint density at radius 3 is 2.50 bits per heavy atom. The minimum Gasteiger partial charge on any atom is -0.508 e. The molecule has 1 amide bonds. The van der Waals surface area contributed by atoms with Crippen LogP contribution in [0, 0.1) is 0 Å². The topological polar surface area (TPSA) is 58.6 Å². The van der Waals surface area contributed by atoms with Gasteiger partial charge in [0.1, 0.15) is 5.75 Å². The van der Waals surface area contributed by atoms with E-state index >= 15 is 0 Å². The molecule has 0 spiro atoms. The molecule has 0 aliphatic carbocycles. The van der Waals surface area contributed by atoms with Crippen molar-refractivity contribution in [3.8, 4) is 5.75 Å².